The number of piperidine rings is 2. The summed E-state index contributed by atoms with van der Waals surface area (Å²) in [5, 5.41) is 10.0. The number of nitrogens with one attached hydrogen (secondary N) is 2. The molecule has 2 N–H and O–H groups in total. The molecule has 4 aromatic rings. The van der Waals surface area contributed by atoms with E-state index in [0.29, 0.717) is 46.6 Å². The van der Waals surface area contributed by atoms with Gasteiger partial charge in [-0.05, 0) is 109 Å². The van der Waals surface area contributed by atoms with Crippen molar-refractivity contribution in [2.45, 2.75) is 63.1 Å². The van der Waals surface area contributed by atoms with Gasteiger partial charge in [-0.25, -0.2) is 4.68 Å². The maximum atomic E-state index is 13.4. The Labute approximate surface area is 359 Å². The summed E-state index contributed by atoms with van der Waals surface area (Å²) in [6.07, 6.45) is 5.55. The fourth-order valence-corrected chi connectivity index (χ4v) is 8.93. The lowest BCUT2D eigenvalue weighted by molar-refractivity contribution is -0.136. The van der Waals surface area contributed by atoms with Crippen molar-refractivity contribution in [3.63, 3.8) is 0 Å². The van der Waals surface area contributed by atoms with Crippen LogP contribution in [-0.2, 0) is 29.6 Å². The van der Waals surface area contributed by atoms with Crippen LogP contribution >= 0.6 is 15.9 Å². The molecular weight excluding hydrogens is 828 g/mol. The van der Waals surface area contributed by atoms with E-state index in [-0.39, 0.29) is 48.2 Å². The minimum Gasteiger partial charge on any atom is -0.493 e. The van der Waals surface area contributed by atoms with E-state index >= 15 is 0 Å². The number of aromatic nitrogens is 2. The number of aryl methyl sites for hydroxylation is 2. The van der Waals surface area contributed by atoms with Crippen LogP contribution in [-0.4, -0.2) is 114 Å². The lowest BCUT2D eigenvalue weighted by Crippen LogP contribution is -2.52. The summed E-state index contributed by atoms with van der Waals surface area (Å²) in [4.78, 5) is 70.7. The standard InChI is InChI=1S/C45H53BrN8O6/c1-50-26-32(24-33(27-50)48-37-25-47-53(4)45(59)41(37)46)30-13-15-31(16-14-30)43(57)52(3)22-7-21-51(2)34-17-11-29(12-18-34)8-6-23-60-39-10-5-9-35-36(39)28-54(44(35)58)38-19-20-40(55)49-42(38)56/h5,9-18,25,32-33,38,48H,6-8,19-24,26-28H2,1-4H3,(H,49,55,56). The number of hydrogen-bond acceptors (Lipinski definition) is 10. The van der Waals surface area contributed by atoms with E-state index in [9.17, 15) is 24.0 Å². The van der Waals surface area contributed by atoms with Crippen LogP contribution in [0.15, 0.2) is 82.2 Å². The second-order valence-corrected chi connectivity index (χ2v) is 17.0. The number of hydrogen-bond donors (Lipinski definition) is 2. The minimum atomic E-state index is -0.657. The average Bonchev–Trinajstić information content (AvgIpc) is 3.58. The first-order valence-corrected chi connectivity index (χ1v) is 21.4. The molecule has 3 unspecified atom stereocenters. The van der Waals surface area contributed by atoms with Gasteiger partial charge in [-0.15, -0.1) is 0 Å². The van der Waals surface area contributed by atoms with Crippen molar-refractivity contribution < 1.29 is 23.9 Å². The number of likely N-dealkylation sites (tertiary alicyclic amines) is 1. The van der Waals surface area contributed by atoms with Gasteiger partial charge in [0.1, 0.15) is 16.3 Å². The maximum absolute atomic E-state index is 13.4. The van der Waals surface area contributed by atoms with Crippen molar-refractivity contribution in [2.24, 2.45) is 7.05 Å². The first kappa shape index (κ1) is 42.6. The Hall–Kier alpha value is -5.54. The molecule has 0 bridgehead atoms. The third-order valence-corrected chi connectivity index (χ3v) is 12.6. The van der Waals surface area contributed by atoms with Gasteiger partial charge < -0.3 is 29.7 Å². The second-order valence-electron chi connectivity index (χ2n) is 16.2. The van der Waals surface area contributed by atoms with Gasteiger partial charge >= 0.3 is 0 Å². The molecule has 0 aliphatic carbocycles. The van der Waals surface area contributed by atoms with Crippen LogP contribution < -0.4 is 25.8 Å². The van der Waals surface area contributed by atoms with E-state index in [0.717, 1.165) is 56.6 Å². The zero-order valence-corrected chi connectivity index (χ0v) is 36.2. The third-order valence-electron chi connectivity index (χ3n) is 11.8. The number of fused-ring (bicyclic) bond motifs is 1. The van der Waals surface area contributed by atoms with Crippen LogP contribution in [0.5, 0.6) is 5.75 Å². The van der Waals surface area contributed by atoms with Gasteiger partial charge in [0, 0.05) is 82.2 Å². The van der Waals surface area contributed by atoms with Gasteiger partial charge in [-0.1, -0.05) is 30.3 Å². The zero-order valence-electron chi connectivity index (χ0n) is 34.7. The molecule has 7 rings (SSSR count). The highest BCUT2D eigenvalue weighted by molar-refractivity contribution is 9.10. The predicted molar refractivity (Wildman–Crippen MR) is 233 cm³/mol. The Morgan fingerprint density at radius 2 is 1.73 bits per heavy atom. The average molecular weight is 882 g/mol. The van der Waals surface area contributed by atoms with Crippen LogP contribution in [0.3, 0.4) is 0 Å². The first-order valence-electron chi connectivity index (χ1n) is 20.6. The van der Waals surface area contributed by atoms with Gasteiger partial charge in [-0.2, -0.15) is 5.10 Å². The summed E-state index contributed by atoms with van der Waals surface area (Å²) in [6, 6.07) is 21.4. The van der Waals surface area contributed by atoms with E-state index in [4.69, 9.17) is 4.74 Å². The number of amides is 4. The van der Waals surface area contributed by atoms with Crippen LogP contribution in [0.25, 0.3) is 0 Å². The van der Waals surface area contributed by atoms with Crippen molar-refractivity contribution in [1.82, 2.24) is 29.8 Å². The Morgan fingerprint density at radius 3 is 2.48 bits per heavy atom. The number of halogens is 1. The summed E-state index contributed by atoms with van der Waals surface area (Å²) in [5.41, 5.74) is 5.99. The molecule has 2 fully saturated rings. The molecule has 4 heterocycles. The van der Waals surface area contributed by atoms with Crippen molar-refractivity contribution in [3.8, 4) is 5.75 Å². The molecule has 2 saturated heterocycles. The first-order chi connectivity index (χ1) is 28.9. The van der Waals surface area contributed by atoms with E-state index in [1.165, 1.54) is 15.8 Å². The van der Waals surface area contributed by atoms with Gasteiger partial charge in [-0.3, -0.25) is 29.3 Å². The van der Waals surface area contributed by atoms with Crippen molar-refractivity contribution in [2.75, 3.05) is 64.1 Å². The number of carbonyl (C=O) groups excluding carboxylic acids is 4. The molecule has 4 amide bonds. The monoisotopic (exact) mass is 880 g/mol. The number of carbonyl (C=O) groups is 4. The molecule has 316 valence electrons. The van der Waals surface area contributed by atoms with Crippen LogP contribution in [0.1, 0.15) is 75.4 Å². The van der Waals surface area contributed by atoms with Crippen LogP contribution in [0.4, 0.5) is 11.4 Å². The van der Waals surface area contributed by atoms with Crippen molar-refractivity contribution >= 4 is 50.9 Å². The molecule has 1 aromatic heterocycles. The smallest absolute Gasteiger partial charge is 0.282 e. The second kappa shape index (κ2) is 18.8. The molecule has 0 radical (unpaired) electrons. The number of anilines is 2. The Kier molecular flexibility index (Phi) is 13.3. The molecular formula is C45H53BrN8O6. The summed E-state index contributed by atoms with van der Waals surface area (Å²) >= 11 is 3.42. The molecule has 3 atom stereocenters. The molecule has 0 spiro atoms. The fraction of sp³-hybridized carbons (Fsp3) is 0.422. The molecule has 60 heavy (non-hydrogen) atoms. The summed E-state index contributed by atoms with van der Waals surface area (Å²) < 4.78 is 7.93. The largest absolute Gasteiger partial charge is 0.493 e. The number of benzene rings is 3. The van der Waals surface area contributed by atoms with Crippen molar-refractivity contribution in [1.29, 1.82) is 0 Å². The van der Waals surface area contributed by atoms with Gasteiger partial charge in [0.2, 0.25) is 11.8 Å². The van der Waals surface area contributed by atoms with E-state index < -0.39 is 11.9 Å². The normalized spacial score (nSPS) is 19.2. The predicted octanol–water partition coefficient (Wildman–Crippen LogP) is 4.81. The SMILES string of the molecule is CN1CC(Nc2cnn(C)c(=O)c2Br)CC(c2ccc(C(=O)N(C)CCCN(C)c3ccc(CCCOc4cccc5c4CN(C4CCC(=O)NC4=O)C5=O)cc3)cc2)C1. The number of rotatable bonds is 15. The lowest BCUT2D eigenvalue weighted by atomic mass is 9.87. The summed E-state index contributed by atoms with van der Waals surface area (Å²) in [7, 11) is 7.64. The van der Waals surface area contributed by atoms with E-state index in [2.05, 4.69) is 92.0 Å². The Morgan fingerprint density at radius 1 is 0.967 bits per heavy atom. The maximum Gasteiger partial charge on any atom is 0.282 e. The zero-order chi connectivity index (χ0) is 42.5. The molecule has 14 nitrogen and oxygen atoms in total. The lowest BCUT2D eigenvalue weighted by Gasteiger charge is -2.37. The van der Waals surface area contributed by atoms with E-state index in [1.807, 2.05) is 25.2 Å². The van der Waals surface area contributed by atoms with Gasteiger partial charge in [0.15, 0.2) is 0 Å². The van der Waals surface area contributed by atoms with Gasteiger partial charge in [0.25, 0.3) is 17.4 Å². The minimum absolute atomic E-state index is 0.000173. The topological polar surface area (TPSA) is 149 Å². The van der Waals surface area contributed by atoms with Crippen LogP contribution in [0.2, 0.25) is 0 Å². The van der Waals surface area contributed by atoms with Gasteiger partial charge in [0.05, 0.1) is 25.0 Å². The fourth-order valence-electron chi connectivity index (χ4n) is 8.46. The highest BCUT2D eigenvalue weighted by Crippen LogP contribution is 2.34. The number of ether oxygens (including phenoxy) is 1. The highest BCUT2D eigenvalue weighted by atomic mass is 79.9. The molecule has 3 aliphatic heterocycles. The summed E-state index contributed by atoms with van der Waals surface area (Å²) in [6.45, 7) is 3.94. The van der Waals surface area contributed by atoms with Crippen molar-refractivity contribution in [3.05, 3.63) is 116 Å². The molecule has 3 aliphatic rings. The molecule has 0 saturated carbocycles. The quantitative estimate of drug-likeness (QED) is 0.126. The Balaban J connectivity index is 0.827. The molecule has 15 heteroatoms. The summed E-state index contributed by atoms with van der Waals surface area (Å²) in [5.74, 6) is -0.0162. The number of likely N-dealkylation sites (N-methyl/N-ethyl adjacent to an activating group) is 1. The third kappa shape index (κ3) is 9.73. The van der Waals surface area contributed by atoms with Crippen LogP contribution in [0, 0.1) is 0 Å². The van der Waals surface area contributed by atoms with E-state index in [1.54, 1.807) is 35.2 Å². The highest BCUT2D eigenvalue weighted by Gasteiger charge is 2.40. The number of nitrogens with zero attached hydrogens (tertiary/aromatic N) is 6. The molecule has 3 aromatic carbocycles. The Bertz CT molecular complexity index is 2280. The number of imide groups is 1.